The first-order valence-electron chi connectivity index (χ1n) is 8.75. The molecule has 0 radical (unpaired) electrons. The van der Waals surface area contributed by atoms with Crippen LogP contribution in [0.2, 0.25) is 0 Å². The first-order valence-corrected chi connectivity index (χ1v) is 9.54. The van der Waals surface area contributed by atoms with Gasteiger partial charge in [-0.25, -0.2) is 0 Å². The van der Waals surface area contributed by atoms with Crippen molar-refractivity contribution < 1.29 is 9.53 Å². The Hall–Kier alpha value is -1.33. The van der Waals surface area contributed by atoms with Gasteiger partial charge in [-0.2, -0.15) is 0 Å². The predicted molar refractivity (Wildman–Crippen MR) is 100 cm³/mol. The Kier molecular flexibility index (Phi) is 5.95. The first-order chi connectivity index (χ1) is 11.6. The fourth-order valence-corrected chi connectivity index (χ4v) is 3.77. The van der Waals surface area contributed by atoms with Crippen molar-refractivity contribution in [3.8, 4) is 5.75 Å². The second-order valence-electron chi connectivity index (χ2n) is 6.80. The lowest BCUT2D eigenvalue weighted by Crippen LogP contribution is -2.37. The largest absolute Gasteiger partial charge is 0.488 e. The van der Waals surface area contributed by atoms with E-state index in [4.69, 9.17) is 4.74 Å². The van der Waals surface area contributed by atoms with Gasteiger partial charge in [-0.05, 0) is 62.5 Å². The Labute approximate surface area is 152 Å². The van der Waals surface area contributed by atoms with Gasteiger partial charge in [0.15, 0.2) is 0 Å². The molecule has 1 saturated heterocycles. The summed E-state index contributed by atoms with van der Waals surface area (Å²) in [6, 6.07) is 5.84. The van der Waals surface area contributed by atoms with Crippen molar-refractivity contribution in [2.24, 2.45) is 5.92 Å². The summed E-state index contributed by atoms with van der Waals surface area (Å²) in [5.41, 5.74) is 1.63. The van der Waals surface area contributed by atoms with Gasteiger partial charge in [-0.3, -0.25) is 4.79 Å². The molecule has 3 rings (SSSR count). The molecule has 1 N–H and O–H groups in total. The van der Waals surface area contributed by atoms with Gasteiger partial charge in [0.2, 0.25) is 0 Å². The minimum absolute atomic E-state index is 0.0207. The van der Waals surface area contributed by atoms with Crippen LogP contribution in [0.1, 0.15) is 31.7 Å². The lowest BCUT2D eigenvalue weighted by molar-refractivity contribution is -0.117. The van der Waals surface area contributed by atoms with E-state index in [0.717, 1.165) is 34.7 Å². The van der Waals surface area contributed by atoms with Crippen LogP contribution in [0.15, 0.2) is 28.2 Å². The van der Waals surface area contributed by atoms with E-state index in [2.05, 4.69) is 33.1 Å². The van der Waals surface area contributed by atoms with Crippen LogP contribution in [-0.2, 0) is 4.79 Å². The number of piperidine rings is 1. The average molecular weight is 393 g/mol. The zero-order valence-electron chi connectivity index (χ0n) is 14.2. The molecule has 2 aliphatic rings. The van der Waals surface area contributed by atoms with Crippen LogP contribution in [-0.4, -0.2) is 43.6 Å². The minimum atomic E-state index is -0.0207. The number of nitrogens with one attached hydrogen (secondary N) is 1. The van der Waals surface area contributed by atoms with Crippen molar-refractivity contribution in [2.75, 3.05) is 32.8 Å². The molecule has 4 nitrogen and oxygen atoms in total. The van der Waals surface area contributed by atoms with Gasteiger partial charge >= 0.3 is 0 Å². The lowest BCUT2D eigenvalue weighted by atomic mass is 10.0. The molecule has 0 saturated carbocycles. The summed E-state index contributed by atoms with van der Waals surface area (Å²) in [4.78, 5) is 14.8. The van der Waals surface area contributed by atoms with Crippen molar-refractivity contribution in [3.63, 3.8) is 0 Å². The molecule has 0 unspecified atom stereocenters. The van der Waals surface area contributed by atoms with E-state index in [-0.39, 0.29) is 5.91 Å². The van der Waals surface area contributed by atoms with Gasteiger partial charge in [0, 0.05) is 23.1 Å². The average Bonchev–Trinajstić information content (AvgIpc) is 2.58. The predicted octanol–water partition coefficient (Wildman–Crippen LogP) is 3.46. The highest BCUT2D eigenvalue weighted by Gasteiger charge is 2.18. The van der Waals surface area contributed by atoms with Crippen LogP contribution in [0.5, 0.6) is 5.75 Å². The maximum atomic E-state index is 12.3. The van der Waals surface area contributed by atoms with E-state index in [1.54, 1.807) is 0 Å². The Morgan fingerprint density at radius 1 is 1.46 bits per heavy atom. The van der Waals surface area contributed by atoms with Gasteiger partial charge in [0.1, 0.15) is 12.4 Å². The summed E-state index contributed by atoms with van der Waals surface area (Å²) in [7, 11) is 0. The third kappa shape index (κ3) is 4.61. The standard InChI is InChI=1S/C19H25BrN2O2/c1-14-4-2-8-22(12-14)9-3-7-21-19(23)16-10-15-11-17(20)5-6-18(15)24-13-16/h5-6,10-11,14H,2-4,7-9,12-13H2,1H3,(H,21,23)/t14-/m0/s1. The number of rotatable bonds is 5. The Balaban J connectivity index is 1.45. The van der Waals surface area contributed by atoms with Crippen molar-refractivity contribution in [1.82, 2.24) is 10.2 Å². The topological polar surface area (TPSA) is 41.6 Å². The molecule has 5 heteroatoms. The number of halogens is 1. The van der Waals surface area contributed by atoms with E-state index in [9.17, 15) is 4.79 Å². The maximum Gasteiger partial charge on any atom is 0.250 e. The van der Waals surface area contributed by atoms with Crippen LogP contribution in [0.25, 0.3) is 6.08 Å². The number of benzene rings is 1. The van der Waals surface area contributed by atoms with Gasteiger partial charge in [0.25, 0.3) is 5.91 Å². The van der Waals surface area contributed by atoms with E-state index < -0.39 is 0 Å². The van der Waals surface area contributed by atoms with Crippen molar-refractivity contribution in [2.45, 2.75) is 26.2 Å². The summed E-state index contributed by atoms with van der Waals surface area (Å²) < 4.78 is 6.65. The number of carbonyl (C=O) groups is 1. The molecule has 0 aromatic heterocycles. The molecule has 2 heterocycles. The molecule has 2 aliphatic heterocycles. The first kappa shape index (κ1) is 17.5. The minimum Gasteiger partial charge on any atom is -0.488 e. The molecule has 1 amide bonds. The number of hydrogen-bond acceptors (Lipinski definition) is 3. The zero-order chi connectivity index (χ0) is 16.9. The Bertz CT molecular complexity index is 630. The van der Waals surface area contributed by atoms with Gasteiger partial charge in [-0.1, -0.05) is 22.9 Å². The molecule has 0 aliphatic carbocycles. The number of carbonyl (C=O) groups excluding carboxylic acids is 1. The third-order valence-corrected chi connectivity index (χ3v) is 5.15. The molecule has 0 bridgehead atoms. The number of likely N-dealkylation sites (tertiary alicyclic amines) is 1. The third-order valence-electron chi connectivity index (χ3n) is 4.65. The summed E-state index contributed by atoms with van der Waals surface area (Å²) in [6.07, 6.45) is 5.56. The van der Waals surface area contributed by atoms with Gasteiger partial charge < -0.3 is 15.0 Å². The Morgan fingerprint density at radius 2 is 2.33 bits per heavy atom. The monoisotopic (exact) mass is 392 g/mol. The van der Waals surface area contributed by atoms with Gasteiger partial charge in [-0.15, -0.1) is 0 Å². The smallest absolute Gasteiger partial charge is 0.250 e. The quantitative estimate of drug-likeness (QED) is 0.780. The molecule has 1 atom stereocenters. The summed E-state index contributed by atoms with van der Waals surface area (Å²) in [6.45, 7) is 6.83. The Morgan fingerprint density at radius 3 is 3.17 bits per heavy atom. The van der Waals surface area contributed by atoms with E-state index in [1.165, 1.54) is 25.9 Å². The molecule has 1 fully saturated rings. The second-order valence-corrected chi connectivity index (χ2v) is 7.71. The van der Waals surface area contributed by atoms with Gasteiger partial charge in [0.05, 0.1) is 5.57 Å². The van der Waals surface area contributed by atoms with Crippen molar-refractivity contribution in [3.05, 3.63) is 33.8 Å². The highest BCUT2D eigenvalue weighted by Crippen LogP contribution is 2.29. The van der Waals surface area contributed by atoms with Crippen LogP contribution in [0, 0.1) is 5.92 Å². The fourth-order valence-electron chi connectivity index (χ4n) is 3.39. The molecule has 1 aromatic rings. The summed E-state index contributed by atoms with van der Waals surface area (Å²) >= 11 is 3.45. The number of nitrogens with zero attached hydrogens (tertiary/aromatic N) is 1. The zero-order valence-corrected chi connectivity index (χ0v) is 15.8. The summed E-state index contributed by atoms with van der Waals surface area (Å²) in [5.74, 6) is 1.61. The number of fused-ring (bicyclic) bond motifs is 1. The normalized spacial score (nSPS) is 20.8. The second kappa shape index (κ2) is 8.17. The van der Waals surface area contributed by atoms with Crippen molar-refractivity contribution in [1.29, 1.82) is 0 Å². The fraction of sp³-hybridized carbons (Fsp3) is 0.526. The van der Waals surface area contributed by atoms with E-state index in [0.29, 0.717) is 18.7 Å². The lowest BCUT2D eigenvalue weighted by Gasteiger charge is -2.30. The molecular weight excluding hydrogens is 368 g/mol. The van der Waals surface area contributed by atoms with Crippen molar-refractivity contribution >= 4 is 27.9 Å². The number of amides is 1. The molecule has 130 valence electrons. The van der Waals surface area contributed by atoms with E-state index >= 15 is 0 Å². The molecule has 0 spiro atoms. The molecule has 24 heavy (non-hydrogen) atoms. The number of ether oxygens (including phenoxy) is 1. The highest BCUT2D eigenvalue weighted by molar-refractivity contribution is 9.10. The molecular formula is C19H25BrN2O2. The van der Waals surface area contributed by atoms with Crippen LogP contribution in [0.4, 0.5) is 0 Å². The molecule has 1 aromatic carbocycles. The SMILES string of the molecule is C[C@H]1CCCN(CCCNC(=O)C2=Cc3cc(Br)ccc3OC2)C1. The number of hydrogen-bond donors (Lipinski definition) is 1. The highest BCUT2D eigenvalue weighted by atomic mass is 79.9. The van der Waals surface area contributed by atoms with Crippen LogP contribution >= 0.6 is 15.9 Å². The van der Waals surface area contributed by atoms with E-state index in [1.807, 2.05) is 24.3 Å². The van der Waals surface area contributed by atoms with Crippen LogP contribution < -0.4 is 10.1 Å². The van der Waals surface area contributed by atoms with Crippen LogP contribution in [0.3, 0.4) is 0 Å². The summed E-state index contributed by atoms with van der Waals surface area (Å²) in [5, 5.41) is 3.02. The maximum absolute atomic E-state index is 12.3.